The van der Waals surface area contributed by atoms with Gasteiger partial charge in [0.1, 0.15) is 0 Å². The number of hydrogen-bond donors (Lipinski definition) is 7. The number of carbonyl (C=O) groups is 3. The van der Waals surface area contributed by atoms with Crippen LogP contribution in [0.2, 0.25) is 0 Å². The number of hydrogen-bond acceptors (Lipinski definition) is 5. The summed E-state index contributed by atoms with van der Waals surface area (Å²) in [4.78, 5) is 60.1. The fourth-order valence-corrected chi connectivity index (χ4v) is 0.970. The van der Waals surface area contributed by atoms with Crippen LogP contribution < -0.4 is 0 Å². The molecule has 0 fully saturated rings. The summed E-state index contributed by atoms with van der Waals surface area (Å²) >= 11 is 0. The Kier molecular flexibility index (Phi) is 14.2. The van der Waals surface area contributed by atoms with E-state index in [1.54, 1.807) is 0 Å². The Morgan fingerprint density at radius 1 is 0.810 bits per heavy atom. The second-order valence-corrected chi connectivity index (χ2v) is 4.09. The molecule has 0 aliphatic heterocycles. The Balaban J connectivity index is -0.000000334. The minimum absolute atomic E-state index is 0.172. The van der Waals surface area contributed by atoms with Crippen LogP contribution in [0.4, 0.5) is 0 Å². The first-order valence-corrected chi connectivity index (χ1v) is 7.09. The van der Waals surface area contributed by atoms with Gasteiger partial charge in [0.05, 0.1) is 0 Å². The lowest BCUT2D eigenvalue weighted by Gasteiger charge is -2.18. The van der Waals surface area contributed by atoms with E-state index >= 15 is 0 Å². The molecule has 122 valence electrons. The number of aliphatic carboxylic acids is 3. The predicted molar refractivity (Wildman–Crippen MR) is 64.3 cm³/mol. The van der Waals surface area contributed by atoms with Crippen molar-refractivity contribution in [3.05, 3.63) is 0 Å². The van der Waals surface area contributed by atoms with E-state index in [9.17, 15) is 14.4 Å². The summed E-state index contributed by atoms with van der Waals surface area (Å²) in [5.41, 5.74) is -2.70. The minimum Gasteiger partial charge on any atom is -0.480 e. The van der Waals surface area contributed by atoms with Crippen LogP contribution in [0.3, 0.4) is 0 Å². The topological polar surface area (TPSA) is 227 Å². The van der Waals surface area contributed by atoms with Crippen molar-refractivity contribution in [3.63, 3.8) is 0 Å². The SMILES string of the molecule is CCCC(C(=O)O)(C(=O)O)C(=O)O.O=[P+](O)O.O=[P+](O)O. The first-order chi connectivity index (χ1) is 9.35. The molecule has 21 heavy (non-hydrogen) atoms. The molecule has 12 nitrogen and oxygen atoms in total. The van der Waals surface area contributed by atoms with E-state index in [0.29, 0.717) is 0 Å². The highest BCUT2D eigenvalue weighted by Crippen LogP contribution is 2.25. The summed E-state index contributed by atoms with van der Waals surface area (Å²) in [7, 11) is -5.74. The fraction of sp³-hybridized carbons (Fsp3) is 0.571. The molecule has 0 aromatic rings. The molecule has 0 heterocycles. The van der Waals surface area contributed by atoms with Crippen molar-refractivity contribution in [1.29, 1.82) is 0 Å². The van der Waals surface area contributed by atoms with Gasteiger partial charge in [-0.25, -0.2) is 0 Å². The molecule has 0 aliphatic carbocycles. The van der Waals surface area contributed by atoms with Gasteiger partial charge < -0.3 is 15.3 Å². The van der Waals surface area contributed by atoms with E-state index in [1.165, 1.54) is 6.92 Å². The standard InChI is InChI=1S/C7H10O6.2HO3P/c1-2-3-7(4(8)9,5(10)11)6(12)13;2*1-4(2)3/h2-3H2,1H3,(H,8,9)(H,10,11)(H,12,13);2*(H-,1,2,3)/p+2. The third-order valence-corrected chi connectivity index (χ3v) is 1.72. The lowest BCUT2D eigenvalue weighted by molar-refractivity contribution is -0.176. The molecule has 0 radical (unpaired) electrons. The lowest BCUT2D eigenvalue weighted by Crippen LogP contribution is -2.46. The smallest absolute Gasteiger partial charge is 0.480 e. The zero-order valence-corrected chi connectivity index (χ0v) is 12.3. The Bertz CT molecular complexity index is 348. The van der Waals surface area contributed by atoms with Crippen LogP contribution in [-0.2, 0) is 23.5 Å². The summed E-state index contributed by atoms with van der Waals surface area (Å²) in [5, 5.41) is 25.6. The normalized spacial score (nSPS) is 9.19. The molecule has 7 N–H and O–H groups in total. The maximum atomic E-state index is 10.5. The summed E-state index contributed by atoms with van der Waals surface area (Å²) in [6.45, 7) is 1.52. The average Bonchev–Trinajstić information content (AvgIpc) is 2.22. The molecule has 0 aromatic carbocycles. The zero-order valence-electron chi connectivity index (χ0n) is 10.5. The maximum Gasteiger partial charge on any atom is 0.692 e. The molecule has 0 rings (SSSR count). The van der Waals surface area contributed by atoms with Crippen molar-refractivity contribution < 1.29 is 58.4 Å². The molecular formula is C7H14O12P2+2. The van der Waals surface area contributed by atoms with E-state index < -0.39 is 46.3 Å². The van der Waals surface area contributed by atoms with Crippen molar-refractivity contribution in [2.45, 2.75) is 19.8 Å². The second-order valence-electron chi connectivity index (χ2n) is 3.08. The highest BCUT2D eigenvalue weighted by atomic mass is 31.1. The van der Waals surface area contributed by atoms with Gasteiger partial charge in [0.25, 0.3) is 5.41 Å². The molecule has 0 aliphatic rings. The highest BCUT2D eigenvalue weighted by molar-refractivity contribution is 7.31. The Labute approximate surface area is 119 Å². The largest absolute Gasteiger partial charge is 0.692 e. The fourth-order valence-electron chi connectivity index (χ4n) is 0.970. The van der Waals surface area contributed by atoms with Gasteiger partial charge in [0.2, 0.25) is 0 Å². The van der Waals surface area contributed by atoms with Crippen molar-refractivity contribution in [3.8, 4) is 0 Å². The van der Waals surface area contributed by atoms with Crippen LogP contribution in [0, 0.1) is 5.41 Å². The van der Waals surface area contributed by atoms with Crippen molar-refractivity contribution in [2.24, 2.45) is 5.41 Å². The Hall–Kier alpha value is -1.55. The van der Waals surface area contributed by atoms with Gasteiger partial charge in [-0.15, -0.1) is 19.6 Å². The van der Waals surface area contributed by atoms with Crippen LogP contribution in [0.1, 0.15) is 19.8 Å². The molecule has 0 saturated carbocycles. The zero-order chi connectivity index (χ0) is 17.8. The Morgan fingerprint density at radius 3 is 1.05 bits per heavy atom. The van der Waals surface area contributed by atoms with Gasteiger partial charge in [-0.05, 0) is 6.42 Å². The summed E-state index contributed by atoms with van der Waals surface area (Å²) < 4.78 is 17.4. The Morgan fingerprint density at radius 2 is 1.00 bits per heavy atom. The molecule has 0 atom stereocenters. The van der Waals surface area contributed by atoms with Crippen LogP contribution >= 0.6 is 16.5 Å². The molecule has 14 heteroatoms. The van der Waals surface area contributed by atoms with Crippen molar-refractivity contribution in [1.82, 2.24) is 0 Å². The van der Waals surface area contributed by atoms with Gasteiger partial charge in [-0.3, -0.25) is 14.4 Å². The third-order valence-electron chi connectivity index (χ3n) is 1.72. The van der Waals surface area contributed by atoms with Gasteiger partial charge in [0, 0.05) is 9.13 Å². The first kappa shape index (κ1) is 24.5. The molecule has 0 unspecified atom stereocenters. The summed E-state index contributed by atoms with van der Waals surface area (Å²) in [6.07, 6.45) is -0.252. The molecule has 0 bridgehead atoms. The van der Waals surface area contributed by atoms with Crippen LogP contribution in [0.15, 0.2) is 0 Å². The number of carboxylic acids is 3. The highest BCUT2D eigenvalue weighted by Gasteiger charge is 2.53. The van der Waals surface area contributed by atoms with Gasteiger partial charge in [-0.2, -0.15) is 0 Å². The molecule has 0 aromatic heterocycles. The maximum absolute atomic E-state index is 10.5. The van der Waals surface area contributed by atoms with E-state index in [0.717, 1.165) is 0 Å². The molecule has 0 amide bonds. The number of rotatable bonds is 5. The van der Waals surface area contributed by atoms with E-state index in [4.69, 9.17) is 44.0 Å². The quantitative estimate of drug-likeness (QED) is 0.240. The minimum atomic E-state index is -2.87. The molecule has 0 spiro atoms. The molecular weight excluding hydrogens is 338 g/mol. The number of carboxylic acid groups (broad SMARTS) is 3. The average molecular weight is 352 g/mol. The van der Waals surface area contributed by atoms with Crippen LogP contribution in [0.25, 0.3) is 0 Å². The third kappa shape index (κ3) is 11.9. The first-order valence-electron chi connectivity index (χ1n) is 4.76. The van der Waals surface area contributed by atoms with Gasteiger partial charge >= 0.3 is 34.4 Å². The predicted octanol–water partition coefficient (Wildman–Crippen LogP) is -0.717. The van der Waals surface area contributed by atoms with E-state index in [1.807, 2.05) is 0 Å². The van der Waals surface area contributed by atoms with E-state index in [-0.39, 0.29) is 6.42 Å². The summed E-state index contributed by atoms with van der Waals surface area (Å²) in [6, 6.07) is 0. The van der Waals surface area contributed by atoms with Gasteiger partial charge in [-0.1, -0.05) is 13.3 Å². The lowest BCUT2D eigenvalue weighted by atomic mass is 9.83. The second kappa shape index (κ2) is 12.2. The van der Waals surface area contributed by atoms with Crippen molar-refractivity contribution >= 4 is 34.4 Å². The van der Waals surface area contributed by atoms with Crippen molar-refractivity contribution in [2.75, 3.05) is 0 Å². The summed E-state index contributed by atoms with van der Waals surface area (Å²) in [5.74, 6) is -5.52. The van der Waals surface area contributed by atoms with Crippen LogP contribution in [0.5, 0.6) is 0 Å². The van der Waals surface area contributed by atoms with Gasteiger partial charge in [0.15, 0.2) is 0 Å². The van der Waals surface area contributed by atoms with Crippen LogP contribution in [-0.4, -0.2) is 52.8 Å². The molecule has 0 saturated heterocycles. The van der Waals surface area contributed by atoms with E-state index in [2.05, 4.69) is 0 Å². The monoisotopic (exact) mass is 352 g/mol.